The first-order valence-corrected chi connectivity index (χ1v) is 16.3. The number of rotatable bonds is 10. The highest BCUT2D eigenvalue weighted by Gasteiger charge is 2.33. The van der Waals surface area contributed by atoms with Crippen molar-refractivity contribution in [1.29, 1.82) is 0 Å². The molecule has 1 N–H and O–H groups in total. The molecule has 4 heterocycles. The molecule has 0 radical (unpaired) electrons. The Balaban J connectivity index is 1.24. The number of nitrogens with one attached hydrogen (secondary N) is 1. The van der Waals surface area contributed by atoms with E-state index >= 15 is 0 Å². The van der Waals surface area contributed by atoms with Gasteiger partial charge in [0.1, 0.15) is 5.75 Å². The number of hydrogen-bond acceptors (Lipinski definition) is 9. The first-order chi connectivity index (χ1) is 21.0. The standard InChI is InChI=1S/C30H25ClN6O3S3/c1-40-22-11-9-19(10-12-22)24-16-23(25-7-3-13-41-25)35-37(24)28(38)18-43-30-34-33-27(17-32-29(39)26-8-4-14-42-26)36(30)21-6-2-5-20(31)15-21/h2-15,24H,16-18H2,1H3,(H,32,39). The average molecular weight is 649 g/mol. The van der Waals surface area contributed by atoms with Crippen molar-refractivity contribution in [2.45, 2.75) is 24.2 Å². The zero-order valence-electron chi connectivity index (χ0n) is 22.8. The normalized spacial score (nSPS) is 14.5. The van der Waals surface area contributed by atoms with Gasteiger partial charge in [-0.3, -0.25) is 14.2 Å². The number of ether oxygens (including phenoxy) is 1. The van der Waals surface area contributed by atoms with E-state index in [9.17, 15) is 9.59 Å². The third kappa shape index (κ3) is 6.52. The number of hydrazone groups is 1. The Labute approximate surface area is 265 Å². The molecule has 9 nitrogen and oxygen atoms in total. The summed E-state index contributed by atoms with van der Waals surface area (Å²) in [5, 5.41) is 22.9. The van der Waals surface area contributed by atoms with Crippen LogP contribution in [-0.2, 0) is 11.3 Å². The van der Waals surface area contributed by atoms with Gasteiger partial charge in [0.05, 0.1) is 46.6 Å². The van der Waals surface area contributed by atoms with Crippen molar-refractivity contribution in [1.82, 2.24) is 25.1 Å². The third-order valence-corrected chi connectivity index (χ3v) is 9.65. The molecule has 1 atom stereocenters. The number of methoxy groups -OCH3 is 1. The number of halogens is 1. The summed E-state index contributed by atoms with van der Waals surface area (Å²) in [7, 11) is 1.63. The number of amides is 2. The molecule has 0 bridgehead atoms. The average Bonchev–Trinajstić information content (AvgIpc) is 3.85. The minimum absolute atomic E-state index is 0.0775. The predicted octanol–water partition coefficient (Wildman–Crippen LogP) is 6.45. The van der Waals surface area contributed by atoms with Crippen molar-refractivity contribution < 1.29 is 14.3 Å². The molecule has 43 heavy (non-hydrogen) atoms. The molecule has 0 saturated carbocycles. The summed E-state index contributed by atoms with van der Waals surface area (Å²) in [6.07, 6.45) is 0.607. The number of carbonyl (C=O) groups excluding carboxylic acids is 2. The van der Waals surface area contributed by atoms with Crippen molar-refractivity contribution in [3.63, 3.8) is 0 Å². The molecule has 1 unspecified atom stereocenters. The molecular formula is C30H25ClN6O3S3. The van der Waals surface area contributed by atoms with Crippen LogP contribution in [0.3, 0.4) is 0 Å². The van der Waals surface area contributed by atoms with Crippen LogP contribution < -0.4 is 10.1 Å². The van der Waals surface area contributed by atoms with Crippen molar-refractivity contribution in [2.24, 2.45) is 5.10 Å². The Morgan fingerprint density at radius 1 is 1.05 bits per heavy atom. The largest absolute Gasteiger partial charge is 0.497 e. The molecule has 1 aliphatic heterocycles. The van der Waals surface area contributed by atoms with Gasteiger partial charge in [-0.25, -0.2) is 5.01 Å². The zero-order chi connectivity index (χ0) is 29.8. The molecule has 0 saturated heterocycles. The molecule has 6 rings (SSSR count). The summed E-state index contributed by atoms with van der Waals surface area (Å²) in [5.74, 6) is 0.979. The summed E-state index contributed by atoms with van der Waals surface area (Å²) in [4.78, 5) is 28.0. The Kier molecular flexibility index (Phi) is 8.89. The number of hydrogen-bond donors (Lipinski definition) is 1. The maximum Gasteiger partial charge on any atom is 0.261 e. The van der Waals surface area contributed by atoms with Gasteiger partial charge in [0.2, 0.25) is 0 Å². The first-order valence-electron chi connectivity index (χ1n) is 13.2. The quantitative estimate of drug-likeness (QED) is 0.175. The van der Waals surface area contributed by atoms with Crippen molar-refractivity contribution in [2.75, 3.05) is 12.9 Å². The van der Waals surface area contributed by atoms with Crippen LogP contribution in [0, 0.1) is 0 Å². The van der Waals surface area contributed by atoms with Gasteiger partial charge in [-0.15, -0.1) is 32.9 Å². The van der Waals surface area contributed by atoms with Crippen LogP contribution in [0.25, 0.3) is 5.69 Å². The monoisotopic (exact) mass is 648 g/mol. The van der Waals surface area contributed by atoms with E-state index in [1.807, 2.05) is 69.9 Å². The second-order valence-electron chi connectivity index (χ2n) is 9.42. The summed E-state index contributed by atoms with van der Waals surface area (Å²) in [6.45, 7) is 0.144. The van der Waals surface area contributed by atoms with E-state index in [1.165, 1.54) is 23.1 Å². The second kappa shape index (κ2) is 13.1. The molecule has 1 aliphatic rings. The maximum atomic E-state index is 13.7. The van der Waals surface area contributed by atoms with Gasteiger partial charge < -0.3 is 10.1 Å². The highest BCUT2D eigenvalue weighted by molar-refractivity contribution is 7.99. The summed E-state index contributed by atoms with van der Waals surface area (Å²) in [5.41, 5.74) is 2.57. The van der Waals surface area contributed by atoms with E-state index in [1.54, 1.807) is 41.7 Å². The third-order valence-electron chi connectivity index (χ3n) is 6.72. The molecule has 13 heteroatoms. The van der Waals surface area contributed by atoms with Crippen LogP contribution >= 0.6 is 46.0 Å². The summed E-state index contributed by atoms with van der Waals surface area (Å²) in [6, 6.07) is 22.3. The minimum atomic E-state index is -0.245. The highest BCUT2D eigenvalue weighted by Crippen LogP contribution is 2.35. The number of nitrogens with zero attached hydrogens (tertiary/aromatic N) is 5. The first kappa shape index (κ1) is 29.1. The van der Waals surface area contributed by atoms with Crippen LogP contribution in [0.1, 0.15) is 38.4 Å². The second-order valence-corrected chi connectivity index (χ2v) is 12.7. The lowest BCUT2D eigenvalue weighted by Crippen LogP contribution is -2.28. The number of thioether (sulfide) groups is 1. The van der Waals surface area contributed by atoms with E-state index in [-0.39, 0.29) is 30.2 Å². The maximum absolute atomic E-state index is 13.7. The molecule has 0 fully saturated rings. The molecule has 218 valence electrons. The van der Waals surface area contributed by atoms with E-state index < -0.39 is 0 Å². The van der Waals surface area contributed by atoms with E-state index in [0.717, 1.165) is 27.6 Å². The van der Waals surface area contributed by atoms with Crippen LogP contribution in [0.4, 0.5) is 0 Å². The van der Waals surface area contributed by atoms with Gasteiger partial charge in [0, 0.05) is 11.4 Å². The van der Waals surface area contributed by atoms with Crippen LogP contribution in [-0.4, -0.2) is 50.2 Å². The SMILES string of the molecule is COc1ccc(C2CC(c3cccs3)=NN2C(=O)CSc2nnc(CNC(=O)c3cccs3)n2-c2cccc(Cl)c2)cc1. The lowest BCUT2D eigenvalue weighted by Gasteiger charge is -2.22. The fourth-order valence-electron chi connectivity index (χ4n) is 4.65. The Morgan fingerprint density at radius 3 is 2.58 bits per heavy atom. The van der Waals surface area contributed by atoms with Crippen LogP contribution in [0.2, 0.25) is 5.02 Å². The highest BCUT2D eigenvalue weighted by atomic mass is 35.5. The molecule has 0 spiro atoms. The number of carbonyl (C=O) groups is 2. The van der Waals surface area contributed by atoms with Crippen molar-refractivity contribution in [3.8, 4) is 11.4 Å². The number of benzene rings is 2. The van der Waals surface area contributed by atoms with Crippen molar-refractivity contribution in [3.05, 3.63) is 110 Å². The lowest BCUT2D eigenvalue weighted by atomic mass is 10.0. The van der Waals surface area contributed by atoms with E-state index in [2.05, 4.69) is 15.5 Å². The van der Waals surface area contributed by atoms with E-state index in [0.29, 0.717) is 27.3 Å². The number of aromatic nitrogens is 3. The number of thiophene rings is 2. The molecule has 3 aromatic heterocycles. The Hall–Kier alpha value is -3.97. The van der Waals surface area contributed by atoms with Crippen LogP contribution in [0.5, 0.6) is 5.75 Å². The molecular weight excluding hydrogens is 624 g/mol. The molecule has 2 amide bonds. The summed E-state index contributed by atoms with van der Waals surface area (Å²) >= 11 is 10.5. The van der Waals surface area contributed by atoms with Gasteiger partial charge in [-0.2, -0.15) is 5.10 Å². The fraction of sp³-hybridized carbons (Fsp3) is 0.167. The Morgan fingerprint density at radius 2 is 1.86 bits per heavy atom. The van der Waals surface area contributed by atoms with Gasteiger partial charge in [0.15, 0.2) is 11.0 Å². The molecule has 2 aromatic carbocycles. The zero-order valence-corrected chi connectivity index (χ0v) is 26.1. The van der Waals surface area contributed by atoms with Crippen LogP contribution in [0.15, 0.2) is 93.8 Å². The lowest BCUT2D eigenvalue weighted by molar-refractivity contribution is -0.130. The minimum Gasteiger partial charge on any atom is -0.497 e. The molecule has 0 aliphatic carbocycles. The predicted molar refractivity (Wildman–Crippen MR) is 171 cm³/mol. The molecule has 5 aromatic rings. The summed E-state index contributed by atoms with van der Waals surface area (Å²) < 4.78 is 7.13. The van der Waals surface area contributed by atoms with Gasteiger partial charge in [-0.1, -0.05) is 53.7 Å². The van der Waals surface area contributed by atoms with Gasteiger partial charge in [0.25, 0.3) is 11.8 Å². The topological polar surface area (TPSA) is 102 Å². The van der Waals surface area contributed by atoms with E-state index in [4.69, 9.17) is 21.4 Å². The van der Waals surface area contributed by atoms with Gasteiger partial charge >= 0.3 is 0 Å². The van der Waals surface area contributed by atoms with Crippen molar-refractivity contribution >= 4 is 63.6 Å². The fourth-order valence-corrected chi connectivity index (χ4v) is 7.02. The smallest absolute Gasteiger partial charge is 0.261 e. The van der Waals surface area contributed by atoms with Gasteiger partial charge in [-0.05, 0) is 58.8 Å². The Bertz CT molecular complexity index is 1750.